The fourth-order valence-corrected chi connectivity index (χ4v) is 2.71. The highest BCUT2D eigenvalue weighted by Gasteiger charge is 2.34. The minimum Gasteiger partial charge on any atom is -0.380 e. The summed E-state index contributed by atoms with van der Waals surface area (Å²) in [5.41, 5.74) is 7.69. The van der Waals surface area contributed by atoms with Crippen LogP contribution in [0.4, 0.5) is 5.69 Å². The highest BCUT2D eigenvalue weighted by atomic mass is 32.1. The first kappa shape index (κ1) is 13.5. The summed E-state index contributed by atoms with van der Waals surface area (Å²) in [5, 5.41) is 12.2. The van der Waals surface area contributed by atoms with Gasteiger partial charge in [0.25, 0.3) is 0 Å². The number of nitrogens with zero attached hydrogens (tertiary/aromatic N) is 1. The fourth-order valence-electron chi connectivity index (χ4n) is 2.39. The van der Waals surface area contributed by atoms with Crippen molar-refractivity contribution in [1.29, 1.82) is 5.26 Å². The second-order valence-electron chi connectivity index (χ2n) is 4.89. The molecule has 0 aromatic heterocycles. The van der Waals surface area contributed by atoms with Crippen molar-refractivity contribution in [1.82, 2.24) is 0 Å². The number of thiocarbonyl (C=S) groups is 1. The van der Waals surface area contributed by atoms with Crippen LogP contribution in [0.1, 0.15) is 25.0 Å². The summed E-state index contributed by atoms with van der Waals surface area (Å²) < 4.78 is 0. The summed E-state index contributed by atoms with van der Waals surface area (Å²) in [5.74, 6) is -0.639. The Morgan fingerprint density at radius 2 is 2.26 bits per heavy atom. The van der Waals surface area contributed by atoms with Gasteiger partial charge in [-0.2, -0.15) is 5.26 Å². The largest absolute Gasteiger partial charge is 0.380 e. The maximum absolute atomic E-state index is 11.4. The van der Waals surface area contributed by atoms with Crippen molar-refractivity contribution >= 4 is 28.7 Å². The number of anilines is 1. The highest BCUT2D eigenvalue weighted by molar-refractivity contribution is 7.81. The molecule has 1 aliphatic rings. The molecular weight excluding hydrogens is 258 g/mol. The van der Waals surface area contributed by atoms with Crippen molar-refractivity contribution in [3.63, 3.8) is 0 Å². The Morgan fingerprint density at radius 1 is 1.58 bits per heavy atom. The maximum atomic E-state index is 11.4. The molecule has 98 valence electrons. The van der Waals surface area contributed by atoms with E-state index in [0.29, 0.717) is 5.56 Å². The van der Waals surface area contributed by atoms with E-state index >= 15 is 0 Å². The molecule has 3 unspecified atom stereocenters. The van der Waals surface area contributed by atoms with E-state index in [2.05, 4.69) is 11.4 Å². The van der Waals surface area contributed by atoms with E-state index in [9.17, 15) is 4.79 Å². The fraction of sp³-hybridized carbons (Fsp3) is 0.357. The number of carbonyl (C=O) groups is 1. The number of carbonyl (C=O) groups excluding carboxylic acids is 1. The number of amides is 1. The second-order valence-corrected chi connectivity index (χ2v) is 5.33. The monoisotopic (exact) mass is 273 g/mol. The van der Waals surface area contributed by atoms with Crippen LogP contribution in [-0.4, -0.2) is 16.8 Å². The molecule has 0 aliphatic carbocycles. The average molecular weight is 273 g/mol. The summed E-state index contributed by atoms with van der Waals surface area (Å²) in [7, 11) is 0. The zero-order valence-corrected chi connectivity index (χ0v) is 11.6. The number of hydrogen-bond acceptors (Lipinski definition) is 4. The average Bonchev–Trinajstić information content (AvgIpc) is 2.41. The van der Waals surface area contributed by atoms with Gasteiger partial charge in [0.1, 0.15) is 0 Å². The Balaban J connectivity index is 2.42. The lowest BCUT2D eigenvalue weighted by Gasteiger charge is -2.36. The first-order chi connectivity index (χ1) is 8.95. The molecular formula is C14H15N3OS. The third-order valence-corrected chi connectivity index (χ3v) is 4.27. The van der Waals surface area contributed by atoms with Gasteiger partial charge in [0.15, 0.2) is 0 Å². The molecule has 0 fully saturated rings. The molecule has 1 amide bonds. The van der Waals surface area contributed by atoms with Crippen LogP contribution in [0, 0.1) is 23.2 Å². The van der Waals surface area contributed by atoms with Gasteiger partial charge in [-0.3, -0.25) is 4.79 Å². The van der Waals surface area contributed by atoms with Crippen molar-refractivity contribution in [2.24, 2.45) is 17.6 Å². The SMILES string of the molecule is CC(C(N)=O)C1Nc2ccc(C#N)cc2C(=S)C1C. The van der Waals surface area contributed by atoms with Crippen LogP contribution in [-0.2, 0) is 4.79 Å². The minimum absolute atomic E-state index is 0.0129. The first-order valence-electron chi connectivity index (χ1n) is 6.10. The lowest BCUT2D eigenvalue weighted by atomic mass is 9.81. The Hall–Kier alpha value is -1.93. The van der Waals surface area contributed by atoms with Crippen LogP contribution in [0.25, 0.3) is 0 Å². The number of hydrogen-bond donors (Lipinski definition) is 2. The van der Waals surface area contributed by atoms with Gasteiger partial charge in [-0.15, -0.1) is 0 Å². The molecule has 3 N–H and O–H groups in total. The summed E-state index contributed by atoms with van der Waals surface area (Å²) in [4.78, 5) is 12.1. The van der Waals surface area contributed by atoms with Gasteiger partial charge in [-0.05, 0) is 18.2 Å². The first-order valence-corrected chi connectivity index (χ1v) is 6.50. The molecule has 2 rings (SSSR count). The topological polar surface area (TPSA) is 78.9 Å². The molecule has 1 aliphatic heterocycles. The number of primary amides is 1. The van der Waals surface area contributed by atoms with E-state index in [4.69, 9.17) is 23.2 Å². The molecule has 19 heavy (non-hydrogen) atoms. The third-order valence-electron chi connectivity index (χ3n) is 3.68. The molecule has 5 heteroatoms. The molecule has 1 aromatic rings. The molecule has 0 spiro atoms. The summed E-state index contributed by atoms with van der Waals surface area (Å²) in [6, 6.07) is 7.34. The van der Waals surface area contributed by atoms with E-state index in [-0.39, 0.29) is 23.8 Å². The van der Waals surface area contributed by atoms with E-state index in [0.717, 1.165) is 16.1 Å². The summed E-state index contributed by atoms with van der Waals surface area (Å²) in [6.45, 7) is 3.77. The summed E-state index contributed by atoms with van der Waals surface area (Å²) >= 11 is 5.47. The summed E-state index contributed by atoms with van der Waals surface area (Å²) in [6.07, 6.45) is 0. The Labute approximate surface area is 117 Å². The molecule has 0 radical (unpaired) electrons. The number of benzene rings is 1. The van der Waals surface area contributed by atoms with Crippen molar-refractivity contribution in [2.75, 3.05) is 5.32 Å². The van der Waals surface area contributed by atoms with Crippen LogP contribution < -0.4 is 11.1 Å². The van der Waals surface area contributed by atoms with Crippen LogP contribution >= 0.6 is 12.2 Å². The van der Waals surface area contributed by atoms with Gasteiger partial charge in [-0.25, -0.2) is 0 Å². The molecule has 1 aromatic carbocycles. The molecule has 0 saturated heterocycles. The number of fused-ring (bicyclic) bond motifs is 1. The number of nitriles is 1. The Bertz CT molecular complexity index is 591. The van der Waals surface area contributed by atoms with E-state index in [1.54, 1.807) is 19.1 Å². The molecule has 0 bridgehead atoms. The lowest BCUT2D eigenvalue weighted by Crippen LogP contribution is -2.46. The highest BCUT2D eigenvalue weighted by Crippen LogP contribution is 2.32. The van der Waals surface area contributed by atoms with Gasteiger partial charge in [0, 0.05) is 28.1 Å². The zero-order chi connectivity index (χ0) is 14.2. The quantitative estimate of drug-likeness (QED) is 0.806. The van der Waals surface area contributed by atoms with Gasteiger partial charge in [0.2, 0.25) is 5.91 Å². The predicted molar refractivity (Wildman–Crippen MR) is 77.8 cm³/mol. The van der Waals surface area contributed by atoms with E-state index < -0.39 is 0 Å². The van der Waals surface area contributed by atoms with Gasteiger partial charge in [0.05, 0.1) is 17.6 Å². The Kier molecular flexibility index (Phi) is 3.54. The predicted octanol–water partition coefficient (Wildman–Crippen LogP) is 1.83. The lowest BCUT2D eigenvalue weighted by molar-refractivity contribution is -0.121. The maximum Gasteiger partial charge on any atom is 0.222 e. The normalized spacial score (nSPS) is 22.9. The van der Waals surface area contributed by atoms with Crippen molar-refractivity contribution < 1.29 is 4.79 Å². The van der Waals surface area contributed by atoms with Crippen LogP contribution in [0.2, 0.25) is 0 Å². The van der Waals surface area contributed by atoms with Crippen LogP contribution in [0.5, 0.6) is 0 Å². The zero-order valence-electron chi connectivity index (χ0n) is 10.8. The van der Waals surface area contributed by atoms with Crippen molar-refractivity contribution in [3.8, 4) is 6.07 Å². The van der Waals surface area contributed by atoms with Crippen molar-refractivity contribution in [2.45, 2.75) is 19.9 Å². The number of nitrogens with two attached hydrogens (primary N) is 1. The molecule has 0 saturated carbocycles. The standard InChI is InChI=1S/C14H15N3OS/c1-7-12(8(2)14(16)18)17-11-4-3-9(6-15)5-10(11)13(7)19/h3-5,7-8,12,17H,1-2H3,(H2,16,18). The van der Waals surface area contributed by atoms with Crippen molar-refractivity contribution in [3.05, 3.63) is 29.3 Å². The minimum atomic E-state index is -0.343. The van der Waals surface area contributed by atoms with E-state index in [1.165, 1.54) is 0 Å². The molecule has 1 heterocycles. The van der Waals surface area contributed by atoms with Crippen LogP contribution in [0.15, 0.2) is 18.2 Å². The molecule has 3 atom stereocenters. The number of rotatable bonds is 2. The van der Waals surface area contributed by atoms with Gasteiger partial charge >= 0.3 is 0 Å². The van der Waals surface area contributed by atoms with Crippen LogP contribution in [0.3, 0.4) is 0 Å². The van der Waals surface area contributed by atoms with E-state index in [1.807, 2.05) is 13.0 Å². The third kappa shape index (κ3) is 2.32. The van der Waals surface area contributed by atoms with Gasteiger partial charge < -0.3 is 11.1 Å². The number of nitrogens with one attached hydrogen (secondary N) is 1. The Morgan fingerprint density at radius 3 is 2.84 bits per heavy atom. The second kappa shape index (κ2) is 4.98. The molecule has 4 nitrogen and oxygen atoms in total. The van der Waals surface area contributed by atoms with Gasteiger partial charge in [-0.1, -0.05) is 26.1 Å². The smallest absolute Gasteiger partial charge is 0.222 e.